The minimum absolute atomic E-state index is 0.0624. The maximum atomic E-state index is 12.9. The first-order valence-corrected chi connectivity index (χ1v) is 11.0. The number of esters is 1. The van der Waals surface area contributed by atoms with Crippen molar-refractivity contribution in [3.05, 3.63) is 53.4 Å². The summed E-state index contributed by atoms with van der Waals surface area (Å²) in [6, 6.07) is 12.1. The van der Waals surface area contributed by atoms with Crippen LogP contribution in [0.1, 0.15) is 37.9 Å². The van der Waals surface area contributed by atoms with E-state index in [-0.39, 0.29) is 16.1 Å². The van der Waals surface area contributed by atoms with Crippen molar-refractivity contribution in [2.75, 3.05) is 7.05 Å². The molecule has 0 aliphatic heterocycles. The van der Waals surface area contributed by atoms with E-state index in [1.165, 1.54) is 22.7 Å². The van der Waals surface area contributed by atoms with Gasteiger partial charge in [-0.25, -0.2) is 8.42 Å². The molecule has 2 aromatic rings. The van der Waals surface area contributed by atoms with Gasteiger partial charge in [0, 0.05) is 7.05 Å². The van der Waals surface area contributed by atoms with Gasteiger partial charge in [-0.05, 0) is 36.8 Å². The number of nitrogens with zero attached hydrogens (tertiary/aromatic N) is 1. The Morgan fingerprint density at radius 1 is 1.19 bits per heavy atom. The Labute approximate surface area is 158 Å². The van der Waals surface area contributed by atoms with E-state index in [4.69, 9.17) is 4.74 Å². The van der Waals surface area contributed by atoms with Gasteiger partial charge in [0.05, 0.1) is 12.0 Å². The Hall–Kier alpha value is -1.70. The number of rotatable bonds is 7. The number of hydrogen-bond donors (Lipinski definition) is 0. The molecule has 1 aromatic carbocycles. The molecule has 3 rings (SSSR count). The van der Waals surface area contributed by atoms with E-state index in [1.807, 2.05) is 30.3 Å². The van der Waals surface area contributed by atoms with Crippen LogP contribution in [0.25, 0.3) is 0 Å². The van der Waals surface area contributed by atoms with Crippen LogP contribution in [-0.2, 0) is 19.6 Å². The molecule has 7 heteroatoms. The molecule has 0 radical (unpaired) electrons. The summed E-state index contributed by atoms with van der Waals surface area (Å²) in [7, 11) is -2.10. The van der Waals surface area contributed by atoms with Crippen molar-refractivity contribution in [1.29, 1.82) is 0 Å². The highest BCUT2D eigenvalue weighted by Crippen LogP contribution is 2.33. The molecule has 1 aliphatic rings. The molecule has 1 aliphatic carbocycles. The van der Waals surface area contributed by atoms with Gasteiger partial charge in [0.15, 0.2) is 0 Å². The van der Waals surface area contributed by atoms with E-state index < -0.39 is 22.2 Å². The van der Waals surface area contributed by atoms with Crippen LogP contribution in [0.3, 0.4) is 0 Å². The highest BCUT2D eigenvalue weighted by molar-refractivity contribution is 7.91. The molecule has 5 nitrogen and oxygen atoms in total. The number of thiophene rings is 1. The number of sulfonamides is 1. The standard InChI is InChI=1S/C19H23NO4S2/c1-14(20(2)26(22,23)17-12-7-13-25-17)18(15-8-4-3-5-9-15)24-19(21)16-10-6-11-16/h3-5,7-9,12-14,16,18H,6,10-11H2,1-2H3/t14-,18-/m1/s1. The summed E-state index contributed by atoms with van der Waals surface area (Å²) >= 11 is 1.18. The Morgan fingerprint density at radius 3 is 2.42 bits per heavy atom. The minimum Gasteiger partial charge on any atom is -0.456 e. The number of likely N-dealkylation sites (N-methyl/N-ethyl adjacent to an activating group) is 1. The van der Waals surface area contributed by atoms with Crippen molar-refractivity contribution in [2.45, 2.75) is 42.5 Å². The maximum absolute atomic E-state index is 12.9. The fourth-order valence-electron chi connectivity index (χ4n) is 2.91. The molecule has 0 unspecified atom stereocenters. The average Bonchev–Trinajstić information content (AvgIpc) is 3.13. The molecule has 0 spiro atoms. The topological polar surface area (TPSA) is 63.7 Å². The molecule has 0 saturated heterocycles. The van der Waals surface area contributed by atoms with Crippen molar-refractivity contribution in [3.8, 4) is 0 Å². The fourth-order valence-corrected chi connectivity index (χ4v) is 5.45. The number of hydrogen-bond acceptors (Lipinski definition) is 5. The third-order valence-corrected chi connectivity index (χ3v) is 8.27. The lowest BCUT2D eigenvalue weighted by molar-refractivity contribution is -0.159. The smallest absolute Gasteiger partial charge is 0.309 e. The van der Waals surface area contributed by atoms with Crippen molar-refractivity contribution in [1.82, 2.24) is 4.31 Å². The molecule has 1 saturated carbocycles. The molecule has 1 fully saturated rings. The van der Waals surface area contributed by atoms with Gasteiger partial charge in [-0.1, -0.05) is 42.8 Å². The predicted molar refractivity (Wildman–Crippen MR) is 101 cm³/mol. The van der Waals surface area contributed by atoms with Gasteiger partial charge in [-0.3, -0.25) is 4.79 Å². The summed E-state index contributed by atoms with van der Waals surface area (Å²) in [5.41, 5.74) is 0.793. The maximum Gasteiger partial charge on any atom is 0.309 e. The van der Waals surface area contributed by atoms with Crippen molar-refractivity contribution in [3.63, 3.8) is 0 Å². The van der Waals surface area contributed by atoms with Crippen LogP contribution in [0.4, 0.5) is 0 Å². The zero-order chi connectivity index (χ0) is 18.7. The lowest BCUT2D eigenvalue weighted by Crippen LogP contribution is -2.41. The number of carbonyl (C=O) groups excluding carboxylic acids is 1. The van der Waals surface area contributed by atoms with E-state index in [0.717, 1.165) is 24.8 Å². The van der Waals surface area contributed by atoms with E-state index in [1.54, 1.807) is 24.4 Å². The zero-order valence-electron chi connectivity index (χ0n) is 14.9. The molecule has 140 valence electrons. The summed E-state index contributed by atoms with van der Waals surface area (Å²) in [4.78, 5) is 12.4. The second kappa shape index (κ2) is 7.90. The molecule has 0 bridgehead atoms. The molecule has 26 heavy (non-hydrogen) atoms. The highest BCUT2D eigenvalue weighted by Gasteiger charge is 2.36. The van der Waals surface area contributed by atoms with Crippen LogP contribution >= 0.6 is 11.3 Å². The first-order valence-electron chi connectivity index (χ1n) is 8.68. The normalized spacial score (nSPS) is 17.5. The van der Waals surface area contributed by atoms with E-state index >= 15 is 0 Å². The number of ether oxygens (including phenoxy) is 1. The third kappa shape index (κ3) is 3.84. The number of carbonyl (C=O) groups is 1. The molecule has 1 aromatic heterocycles. The van der Waals surface area contributed by atoms with Crippen LogP contribution in [0.5, 0.6) is 0 Å². The quantitative estimate of drug-likeness (QED) is 0.671. The lowest BCUT2D eigenvalue weighted by atomic mass is 9.85. The molecule has 0 amide bonds. The van der Waals surface area contributed by atoms with E-state index in [0.29, 0.717) is 0 Å². The first kappa shape index (κ1) is 19.1. The summed E-state index contributed by atoms with van der Waals surface area (Å²) in [5.74, 6) is -0.300. The minimum atomic E-state index is -3.63. The molecular formula is C19H23NO4S2. The van der Waals surface area contributed by atoms with Gasteiger partial charge >= 0.3 is 5.97 Å². The second-order valence-electron chi connectivity index (χ2n) is 6.59. The molecular weight excluding hydrogens is 370 g/mol. The lowest BCUT2D eigenvalue weighted by Gasteiger charge is -2.33. The average molecular weight is 394 g/mol. The van der Waals surface area contributed by atoms with Gasteiger partial charge in [0.1, 0.15) is 10.3 Å². The van der Waals surface area contributed by atoms with Gasteiger partial charge in [-0.15, -0.1) is 11.3 Å². The Kier molecular flexibility index (Phi) is 5.79. The molecule has 1 heterocycles. The predicted octanol–water partition coefficient (Wildman–Crippen LogP) is 3.84. The van der Waals surface area contributed by atoms with Gasteiger partial charge in [0.25, 0.3) is 10.0 Å². The van der Waals surface area contributed by atoms with E-state index in [9.17, 15) is 13.2 Å². The van der Waals surface area contributed by atoms with Crippen LogP contribution in [-0.4, -0.2) is 31.8 Å². The van der Waals surface area contributed by atoms with Crippen LogP contribution in [0.2, 0.25) is 0 Å². The van der Waals surface area contributed by atoms with Crippen LogP contribution in [0.15, 0.2) is 52.1 Å². The van der Waals surface area contributed by atoms with Gasteiger partial charge in [0.2, 0.25) is 0 Å². The van der Waals surface area contributed by atoms with Crippen LogP contribution in [0, 0.1) is 5.92 Å². The first-order chi connectivity index (χ1) is 12.4. The fraction of sp³-hybridized carbons (Fsp3) is 0.421. The van der Waals surface area contributed by atoms with E-state index in [2.05, 4.69) is 0 Å². The monoisotopic (exact) mass is 393 g/mol. The van der Waals surface area contributed by atoms with Crippen molar-refractivity contribution in [2.24, 2.45) is 5.92 Å². The van der Waals surface area contributed by atoms with Gasteiger partial charge in [-0.2, -0.15) is 4.31 Å². The van der Waals surface area contributed by atoms with Crippen LogP contribution < -0.4 is 0 Å². The summed E-state index contributed by atoms with van der Waals surface area (Å²) < 4.78 is 33.1. The molecule has 2 atom stereocenters. The van der Waals surface area contributed by atoms with Gasteiger partial charge < -0.3 is 4.74 Å². The zero-order valence-corrected chi connectivity index (χ0v) is 16.5. The Balaban J connectivity index is 1.86. The SMILES string of the molecule is C[C@H]([C@@H](OC(=O)C1CCC1)c1ccccc1)N(C)S(=O)(=O)c1cccs1. The van der Waals surface area contributed by atoms with Crippen molar-refractivity contribution < 1.29 is 17.9 Å². The molecule has 0 N–H and O–H groups in total. The largest absolute Gasteiger partial charge is 0.456 e. The second-order valence-corrected chi connectivity index (χ2v) is 9.76. The third-order valence-electron chi connectivity index (χ3n) is 4.95. The Bertz CT molecular complexity index is 830. The summed E-state index contributed by atoms with van der Waals surface area (Å²) in [6.07, 6.45) is 2.08. The summed E-state index contributed by atoms with van der Waals surface area (Å²) in [6.45, 7) is 1.77. The number of benzene rings is 1. The van der Waals surface area contributed by atoms with Crippen molar-refractivity contribution >= 4 is 27.3 Å². The summed E-state index contributed by atoms with van der Waals surface area (Å²) in [5, 5.41) is 1.73. The Morgan fingerprint density at radius 2 is 1.88 bits per heavy atom. The highest BCUT2D eigenvalue weighted by atomic mass is 32.2.